The Kier molecular flexibility index (Phi) is 3.39. The summed E-state index contributed by atoms with van der Waals surface area (Å²) in [5.41, 5.74) is 3.29. The lowest BCUT2D eigenvalue weighted by Gasteiger charge is -2.06. The summed E-state index contributed by atoms with van der Waals surface area (Å²) < 4.78 is 2.95. The minimum atomic E-state index is 1.01. The molecule has 0 N–H and O–H groups in total. The fraction of sp³-hybridized carbons (Fsp3) is 0.333. The van der Waals surface area contributed by atoms with Gasteiger partial charge in [0, 0.05) is 11.9 Å². The molecular formula is C12H14BrN3. The normalized spacial score (nSPS) is 10.7. The van der Waals surface area contributed by atoms with Gasteiger partial charge in [-0.3, -0.25) is 4.98 Å². The summed E-state index contributed by atoms with van der Waals surface area (Å²) in [6.45, 7) is 4.20. The quantitative estimate of drug-likeness (QED) is 0.863. The third-order valence-electron chi connectivity index (χ3n) is 2.50. The van der Waals surface area contributed by atoms with E-state index in [0.717, 1.165) is 34.4 Å². The van der Waals surface area contributed by atoms with E-state index in [4.69, 9.17) is 0 Å². The number of pyridine rings is 1. The molecule has 2 aromatic rings. The molecule has 0 amide bonds. The Morgan fingerprint density at radius 1 is 1.44 bits per heavy atom. The average Bonchev–Trinajstić information content (AvgIpc) is 2.61. The highest BCUT2D eigenvalue weighted by Gasteiger charge is 2.06. The van der Waals surface area contributed by atoms with E-state index in [1.54, 1.807) is 0 Å². The summed E-state index contributed by atoms with van der Waals surface area (Å²) in [5.74, 6) is 0. The number of hydrogen-bond acceptors (Lipinski definition) is 2. The molecule has 0 atom stereocenters. The first-order chi connectivity index (χ1) is 7.72. The molecule has 0 aliphatic carbocycles. The fourth-order valence-electron chi connectivity index (χ4n) is 1.64. The van der Waals surface area contributed by atoms with Crippen LogP contribution in [0.1, 0.15) is 24.7 Å². The molecule has 2 heterocycles. The number of hydrogen-bond donors (Lipinski definition) is 0. The van der Waals surface area contributed by atoms with Gasteiger partial charge in [0.25, 0.3) is 0 Å². The van der Waals surface area contributed by atoms with Crippen LogP contribution < -0.4 is 0 Å². The molecule has 0 radical (unpaired) electrons. The van der Waals surface area contributed by atoms with Crippen molar-refractivity contribution >= 4 is 15.9 Å². The number of halogens is 1. The van der Waals surface area contributed by atoms with Crippen molar-refractivity contribution in [2.24, 2.45) is 0 Å². The highest BCUT2D eigenvalue weighted by molar-refractivity contribution is 9.10. The van der Waals surface area contributed by atoms with Crippen LogP contribution in [0, 0.1) is 6.92 Å². The maximum Gasteiger partial charge on any atom is 0.0682 e. The molecule has 84 valence electrons. The molecule has 0 saturated heterocycles. The Hall–Kier alpha value is -1.16. The van der Waals surface area contributed by atoms with Gasteiger partial charge in [-0.2, -0.15) is 5.10 Å². The Balaban J connectivity index is 2.40. The van der Waals surface area contributed by atoms with Gasteiger partial charge in [-0.25, -0.2) is 4.68 Å². The molecule has 0 spiro atoms. The van der Waals surface area contributed by atoms with Crippen molar-refractivity contribution < 1.29 is 0 Å². The maximum absolute atomic E-state index is 4.34. The van der Waals surface area contributed by atoms with Crippen molar-refractivity contribution in [3.05, 3.63) is 40.4 Å². The molecule has 16 heavy (non-hydrogen) atoms. The summed E-state index contributed by atoms with van der Waals surface area (Å²) >= 11 is 3.46. The summed E-state index contributed by atoms with van der Waals surface area (Å²) in [7, 11) is 0. The molecule has 0 aliphatic rings. The van der Waals surface area contributed by atoms with Crippen molar-refractivity contribution in [2.75, 3.05) is 0 Å². The molecule has 4 heteroatoms. The molecule has 3 nitrogen and oxygen atoms in total. The van der Waals surface area contributed by atoms with Gasteiger partial charge >= 0.3 is 0 Å². The Labute approximate surface area is 104 Å². The second-order valence-electron chi connectivity index (χ2n) is 3.75. The molecular weight excluding hydrogens is 266 g/mol. The average molecular weight is 280 g/mol. The van der Waals surface area contributed by atoms with Crippen LogP contribution in [0.2, 0.25) is 0 Å². The lowest BCUT2D eigenvalue weighted by Crippen LogP contribution is -2.00. The van der Waals surface area contributed by atoms with E-state index < -0.39 is 0 Å². The van der Waals surface area contributed by atoms with Crippen LogP contribution in [0.25, 0.3) is 5.69 Å². The number of rotatable bonds is 3. The van der Waals surface area contributed by atoms with E-state index in [9.17, 15) is 0 Å². The van der Waals surface area contributed by atoms with E-state index in [1.807, 2.05) is 30.1 Å². The zero-order chi connectivity index (χ0) is 11.5. The second kappa shape index (κ2) is 4.78. The highest BCUT2D eigenvalue weighted by Crippen LogP contribution is 2.18. The smallest absolute Gasteiger partial charge is 0.0682 e. The first-order valence-electron chi connectivity index (χ1n) is 5.37. The number of nitrogens with zero attached hydrogens (tertiary/aromatic N) is 3. The fourth-order valence-corrected chi connectivity index (χ4v) is 1.90. The van der Waals surface area contributed by atoms with Crippen LogP contribution in [0.15, 0.2) is 29.0 Å². The van der Waals surface area contributed by atoms with Crippen LogP contribution in [0.4, 0.5) is 0 Å². The van der Waals surface area contributed by atoms with Crippen LogP contribution in [0.3, 0.4) is 0 Å². The predicted molar refractivity (Wildman–Crippen MR) is 67.8 cm³/mol. The zero-order valence-corrected chi connectivity index (χ0v) is 11.0. The highest BCUT2D eigenvalue weighted by atomic mass is 79.9. The predicted octanol–water partition coefficient (Wildman–Crippen LogP) is 3.29. The number of aryl methyl sites for hydroxylation is 1. The molecule has 0 unspecified atom stereocenters. The topological polar surface area (TPSA) is 30.7 Å². The summed E-state index contributed by atoms with van der Waals surface area (Å²) in [5, 5.41) is 4.33. The zero-order valence-electron chi connectivity index (χ0n) is 9.44. The lowest BCUT2D eigenvalue weighted by atomic mass is 10.2. The van der Waals surface area contributed by atoms with Gasteiger partial charge in [0.2, 0.25) is 0 Å². The molecule has 0 aromatic carbocycles. The minimum Gasteiger partial charge on any atom is -0.261 e. The molecule has 0 saturated carbocycles. The first kappa shape index (κ1) is 11.3. The number of aromatic nitrogens is 3. The van der Waals surface area contributed by atoms with Crippen molar-refractivity contribution in [3.63, 3.8) is 0 Å². The van der Waals surface area contributed by atoms with Crippen molar-refractivity contribution in [1.82, 2.24) is 14.8 Å². The third-order valence-corrected chi connectivity index (χ3v) is 3.28. The van der Waals surface area contributed by atoms with Gasteiger partial charge in [0.15, 0.2) is 0 Å². The largest absolute Gasteiger partial charge is 0.261 e. The molecule has 2 rings (SSSR count). The van der Waals surface area contributed by atoms with Crippen molar-refractivity contribution in [2.45, 2.75) is 26.7 Å². The second-order valence-corrected chi connectivity index (χ2v) is 4.60. The van der Waals surface area contributed by atoms with Gasteiger partial charge in [-0.05, 0) is 41.4 Å². The van der Waals surface area contributed by atoms with Crippen molar-refractivity contribution in [3.8, 4) is 5.69 Å². The van der Waals surface area contributed by atoms with E-state index in [-0.39, 0.29) is 0 Å². The van der Waals surface area contributed by atoms with E-state index >= 15 is 0 Å². The molecule has 2 aromatic heterocycles. The van der Waals surface area contributed by atoms with Crippen LogP contribution in [-0.4, -0.2) is 14.8 Å². The first-order valence-corrected chi connectivity index (χ1v) is 6.17. The van der Waals surface area contributed by atoms with Crippen LogP contribution in [-0.2, 0) is 6.42 Å². The van der Waals surface area contributed by atoms with Crippen LogP contribution >= 0.6 is 15.9 Å². The standard InChI is InChI=1S/C12H14BrN3/c1-3-4-10-7-11(5-6-14-10)16-9(2)12(13)8-15-16/h5-8H,3-4H2,1-2H3. The monoisotopic (exact) mass is 279 g/mol. The molecule has 0 bridgehead atoms. The summed E-state index contributed by atoms with van der Waals surface area (Å²) in [4.78, 5) is 4.34. The Morgan fingerprint density at radius 3 is 2.88 bits per heavy atom. The molecule has 0 aliphatic heterocycles. The van der Waals surface area contributed by atoms with Crippen LogP contribution in [0.5, 0.6) is 0 Å². The van der Waals surface area contributed by atoms with Gasteiger partial charge in [-0.1, -0.05) is 13.3 Å². The third kappa shape index (κ3) is 2.16. The van der Waals surface area contributed by atoms with E-state index in [0.29, 0.717) is 0 Å². The lowest BCUT2D eigenvalue weighted by molar-refractivity contribution is 0.828. The van der Waals surface area contributed by atoms with Gasteiger partial charge in [0.1, 0.15) is 0 Å². The van der Waals surface area contributed by atoms with Gasteiger partial charge in [0.05, 0.1) is 22.1 Å². The Bertz CT molecular complexity index is 491. The maximum atomic E-state index is 4.34. The van der Waals surface area contributed by atoms with E-state index in [1.165, 1.54) is 0 Å². The van der Waals surface area contributed by atoms with Gasteiger partial charge in [-0.15, -0.1) is 0 Å². The Morgan fingerprint density at radius 2 is 2.25 bits per heavy atom. The summed E-state index contributed by atoms with van der Waals surface area (Å²) in [6.07, 6.45) is 5.78. The van der Waals surface area contributed by atoms with Crippen molar-refractivity contribution in [1.29, 1.82) is 0 Å². The van der Waals surface area contributed by atoms with E-state index in [2.05, 4.69) is 39.0 Å². The SMILES string of the molecule is CCCc1cc(-n2ncc(Br)c2C)ccn1. The minimum absolute atomic E-state index is 1.01. The summed E-state index contributed by atoms with van der Waals surface area (Å²) in [6, 6.07) is 4.07. The molecule has 0 fully saturated rings. The van der Waals surface area contributed by atoms with Gasteiger partial charge < -0.3 is 0 Å².